The maximum atomic E-state index is 14.7. The number of fused-ring (bicyclic) bond motifs is 1. The van der Waals surface area contributed by atoms with Crippen LogP contribution < -0.4 is 10.2 Å². The van der Waals surface area contributed by atoms with Gasteiger partial charge in [0.2, 0.25) is 5.95 Å². The lowest BCUT2D eigenvalue weighted by atomic mass is 9.89. The van der Waals surface area contributed by atoms with Crippen molar-refractivity contribution >= 4 is 17.3 Å². The minimum absolute atomic E-state index is 0.0143. The van der Waals surface area contributed by atoms with Gasteiger partial charge in [-0.15, -0.1) is 5.10 Å². The average molecular weight is 436 g/mol. The summed E-state index contributed by atoms with van der Waals surface area (Å²) >= 11 is 0. The molecule has 0 radical (unpaired) electrons. The Bertz CT molecular complexity index is 1070. The predicted octanol–water partition coefficient (Wildman–Crippen LogP) is 2.53. The summed E-state index contributed by atoms with van der Waals surface area (Å²) in [5.41, 5.74) is 0.709. The first kappa shape index (κ1) is 20.0. The van der Waals surface area contributed by atoms with Crippen molar-refractivity contribution in [3.05, 3.63) is 18.7 Å². The number of aromatic nitrogens is 6. The van der Waals surface area contributed by atoms with Crippen molar-refractivity contribution in [3.8, 4) is 11.3 Å². The fraction of sp³-hybridized carbons (Fsp3) is 0.579. The molecule has 2 aliphatic heterocycles. The maximum Gasteiger partial charge on any atom is 0.271 e. The van der Waals surface area contributed by atoms with Gasteiger partial charge < -0.3 is 15.0 Å². The van der Waals surface area contributed by atoms with Crippen LogP contribution in [0.1, 0.15) is 20.3 Å². The summed E-state index contributed by atoms with van der Waals surface area (Å²) in [5.74, 6) is -2.68. The van der Waals surface area contributed by atoms with Gasteiger partial charge in [0.1, 0.15) is 23.9 Å². The lowest BCUT2D eigenvalue weighted by Crippen LogP contribution is -2.39. The number of ether oxygens (including phenoxy) is 1. The Labute approximate surface area is 176 Å². The third-order valence-electron chi connectivity index (χ3n) is 6.02. The highest BCUT2D eigenvalue weighted by Crippen LogP contribution is 2.46. The van der Waals surface area contributed by atoms with E-state index in [1.54, 1.807) is 31.1 Å². The average Bonchev–Trinajstić information content (AvgIpc) is 3.41. The van der Waals surface area contributed by atoms with E-state index in [4.69, 9.17) is 4.74 Å². The van der Waals surface area contributed by atoms with E-state index in [1.165, 1.54) is 10.8 Å². The molecule has 31 heavy (non-hydrogen) atoms. The number of hydrogen-bond acceptors (Lipinski definition) is 7. The zero-order valence-electron chi connectivity index (χ0n) is 17.1. The summed E-state index contributed by atoms with van der Waals surface area (Å²) < 4.78 is 50.1. The summed E-state index contributed by atoms with van der Waals surface area (Å²) in [4.78, 5) is 10.6. The Hall–Kier alpha value is -2.89. The third kappa shape index (κ3) is 3.38. The molecule has 0 spiro atoms. The van der Waals surface area contributed by atoms with Crippen molar-refractivity contribution < 1.29 is 17.9 Å². The summed E-state index contributed by atoms with van der Waals surface area (Å²) in [6.45, 7) is 3.20. The maximum absolute atomic E-state index is 14.7. The zero-order valence-corrected chi connectivity index (χ0v) is 17.1. The second-order valence-corrected chi connectivity index (χ2v) is 8.71. The van der Waals surface area contributed by atoms with Gasteiger partial charge in [-0.25, -0.2) is 18.2 Å². The molecule has 0 bridgehead atoms. The molecule has 166 valence electrons. The number of alkyl halides is 3. The minimum Gasteiger partial charge on any atom is -0.378 e. The molecule has 5 rings (SSSR count). The van der Waals surface area contributed by atoms with E-state index in [9.17, 15) is 13.2 Å². The fourth-order valence-corrected chi connectivity index (χ4v) is 4.08. The third-order valence-corrected chi connectivity index (χ3v) is 6.02. The molecule has 3 aromatic rings. The Balaban J connectivity index is 1.59. The number of H-pyrrole nitrogens is 1. The molecule has 2 atom stereocenters. The molecule has 0 amide bonds. The largest absolute Gasteiger partial charge is 0.378 e. The SMILES string of the molecule is CC1(C)CN(c2c(-c3cn[nH]c3)ncn3nc(N[C@H]4CCOC[C@H]4F)nc23)CC1(F)F. The number of anilines is 2. The van der Waals surface area contributed by atoms with Crippen LogP contribution in [0.2, 0.25) is 0 Å². The van der Waals surface area contributed by atoms with E-state index >= 15 is 0 Å². The van der Waals surface area contributed by atoms with Crippen molar-refractivity contribution in [2.45, 2.75) is 38.4 Å². The predicted molar refractivity (Wildman–Crippen MR) is 107 cm³/mol. The molecule has 0 saturated carbocycles. The molecule has 0 aliphatic carbocycles. The molecule has 2 saturated heterocycles. The molecule has 3 aromatic heterocycles. The second kappa shape index (κ2) is 7.08. The van der Waals surface area contributed by atoms with E-state index in [0.29, 0.717) is 35.6 Å². The van der Waals surface area contributed by atoms with Gasteiger partial charge in [-0.1, -0.05) is 13.8 Å². The van der Waals surface area contributed by atoms with Gasteiger partial charge in [0.15, 0.2) is 5.65 Å². The summed E-state index contributed by atoms with van der Waals surface area (Å²) in [6, 6.07) is -0.481. The number of rotatable bonds is 4. The summed E-state index contributed by atoms with van der Waals surface area (Å²) in [5, 5.41) is 14.0. The van der Waals surface area contributed by atoms with Crippen LogP contribution in [0.5, 0.6) is 0 Å². The number of aromatic amines is 1. The van der Waals surface area contributed by atoms with Gasteiger partial charge in [0.25, 0.3) is 5.92 Å². The Morgan fingerprint density at radius 1 is 1.29 bits per heavy atom. The van der Waals surface area contributed by atoms with Crippen molar-refractivity contribution in [3.63, 3.8) is 0 Å². The van der Waals surface area contributed by atoms with Gasteiger partial charge >= 0.3 is 0 Å². The molecule has 0 aromatic carbocycles. The standard InChI is InChI=1S/C19H23F3N8O/c1-18(2)8-29(9-19(18,21)22)15-14(11-5-24-25-6-11)23-10-30-16(15)27-17(28-30)26-13-3-4-31-7-12(13)20/h5-6,10,12-13H,3-4,7-9H2,1-2H3,(H,24,25)(H,26,28)/t12-,13+/m1/s1. The molecule has 0 unspecified atom stereocenters. The molecular weight excluding hydrogens is 413 g/mol. The topological polar surface area (TPSA) is 96.3 Å². The summed E-state index contributed by atoms with van der Waals surface area (Å²) in [7, 11) is 0. The lowest BCUT2D eigenvalue weighted by Gasteiger charge is -2.26. The zero-order chi connectivity index (χ0) is 21.8. The molecule has 2 aliphatic rings. The van der Waals surface area contributed by atoms with Crippen molar-refractivity contribution in [2.75, 3.05) is 36.5 Å². The van der Waals surface area contributed by atoms with Crippen LogP contribution in [-0.4, -0.2) is 74.2 Å². The number of nitrogens with zero attached hydrogens (tertiary/aromatic N) is 6. The lowest BCUT2D eigenvalue weighted by molar-refractivity contribution is -0.0642. The Morgan fingerprint density at radius 2 is 2.13 bits per heavy atom. The van der Waals surface area contributed by atoms with E-state index in [2.05, 4.69) is 30.6 Å². The van der Waals surface area contributed by atoms with Crippen molar-refractivity contribution in [1.82, 2.24) is 29.8 Å². The van der Waals surface area contributed by atoms with E-state index < -0.39 is 30.1 Å². The molecular formula is C19H23F3N8O. The first-order valence-corrected chi connectivity index (χ1v) is 10.1. The Kier molecular flexibility index (Phi) is 4.57. The van der Waals surface area contributed by atoms with Gasteiger partial charge in [0, 0.05) is 30.3 Å². The quantitative estimate of drug-likeness (QED) is 0.649. The van der Waals surface area contributed by atoms with Gasteiger partial charge in [-0.05, 0) is 6.42 Å². The highest BCUT2D eigenvalue weighted by molar-refractivity contribution is 5.85. The normalized spacial score (nSPS) is 25.3. The number of halogens is 3. The van der Waals surface area contributed by atoms with Crippen LogP contribution in [0.15, 0.2) is 18.7 Å². The molecule has 9 nitrogen and oxygen atoms in total. The van der Waals surface area contributed by atoms with Gasteiger partial charge in [0.05, 0.1) is 25.4 Å². The van der Waals surface area contributed by atoms with Crippen LogP contribution in [0.25, 0.3) is 16.9 Å². The highest BCUT2D eigenvalue weighted by atomic mass is 19.3. The van der Waals surface area contributed by atoms with E-state index in [-0.39, 0.29) is 19.1 Å². The first-order valence-electron chi connectivity index (χ1n) is 10.1. The Morgan fingerprint density at radius 3 is 2.81 bits per heavy atom. The number of hydrogen-bond donors (Lipinski definition) is 2. The van der Waals surface area contributed by atoms with Crippen LogP contribution in [0, 0.1) is 5.41 Å². The van der Waals surface area contributed by atoms with Crippen molar-refractivity contribution in [2.24, 2.45) is 5.41 Å². The molecule has 2 fully saturated rings. The molecule has 5 heterocycles. The fourth-order valence-electron chi connectivity index (χ4n) is 4.08. The van der Waals surface area contributed by atoms with E-state index in [1.807, 2.05) is 0 Å². The summed E-state index contributed by atoms with van der Waals surface area (Å²) in [6.07, 6.45) is 3.99. The smallest absolute Gasteiger partial charge is 0.271 e. The van der Waals surface area contributed by atoms with Gasteiger partial charge in [-0.3, -0.25) is 5.10 Å². The van der Waals surface area contributed by atoms with E-state index in [0.717, 1.165) is 0 Å². The molecule has 12 heteroatoms. The van der Waals surface area contributed by atoms with Crippen LogP contribution in [0.3, 0.4) is 0 Å². The first-order chi connectivity index (χ1) is 14.7. The second-order valence-electron chi connectivity index (χ2n) is 8.71. The van der Waals surface area contributed by atoms with Gasteiger partial charge in [-0.2, -0.15) is 14.6 Å². The van der Waals surface area contributed by atoms with Crippen molar-refractivity contribution in [1.29, 1.82) is 0 Å². The highest BCUT2D eigenvalue weighted by Gasteiger charge is 2.55. The minimum atomic E-state index is -2.89. The van der Waals surface area contributed by atoms with Crippen LogP contribution in [0.4, 0.5) is 24.8 Å². The van der Waals surface area contributed by atoms with Crippen LogP contribution >= 0.6 is 0 Å². The van der Waals surface area contributed by atoms with Crippen LogP contribution in [-0.2, 0) is 4.74 Å². The number of nitrogens with one attached hydrogen (secondary N) is 2. The monoisotopic (exact) mass is 436 g/mol. The molecule has 2 N–H and O–H groups in total.